The van der Waals surface area contributed by atoms with Crippen LogP contribution in [0.1, 0.15) is 33.6 Å². The van der Waals surface area contributed by atoms with Gasteiger partial charge in [-0.2, -0.15) is 0 Å². The maximum Gasteiger partial charge on any atom is 0.0583 e. The van der Waals surface area contributed by atoms with Gasteiger partial charge in [0.25, 0.3) is 0 Å². The molecule has 0 aromatic heterocycles. The topological polar surface area (TPSA) is 43.4 Å². The van der Waals surface area contributed by atoms with E-state index >= 15 is 0 Å². The smallest absolute Gasteiger partial charge is 0.0583 e. The van der Waals surface area contributed by atoms with Gasteiger partial charge in [0.2, 0.25) is 0 Å². The fourth-order valence-electron chi connectivity index (χ4n) is 1.22. The van der Waals surface area contributed by atoms with Crippen LogP contribution in [0.5, 0.6) is 0 Å². The molecule has 0 aromatic carbocycles. The second-order valence-electron chi connectivity index (χ2n) is 3.03. The first-order valence-corrected chi connectivity index (χ1v) is 4.58. The molecule has 0 saturated carbocycles. The molecule has 0 bridgehead atoms. The molecule has 0 saturated heterocycles. The number of carbonyl (C=O) groups excluding carboxylic acids is 1. The van der Waals surface area contributed by atoms with Crippen LogP contribution in [0.25, 0.3) is 0 Å². The molecule has 3 heteroatoms. The van der Waals surface area contributed by atoms with Crippen molar-refractivity contribution in [3.63, 3.8) is 0 Å². The highest BCUT2D eigenvalue weighted by Gasteiger charge is 2.11. The molecule has 0 spiro atoms. The van der Waals surface area contributed by atoms with Crippen molar-refractivity contribution in [1.29, 1.82) is 0 Å². The molecule has 0 aliphatic rings. The maximum atomic E-state index is 10.5. The van der Waals surface area contributed by atoms with E-state index in [-0.39, 0.29) is 0 Å². The summed E-state index contributed by atoms with van der Waals surface area (Å²) in [6, 6.07) is -0.454. The molecule has 3 nitrogen and oxygen atoms in total. The van der Waals surface area contributed by atoms with Crippen LogP contribution in [0, 0.1) is 0 Å². The third-order valence-corrected chi connectivity index (χ3v) is 1.91. The van der Waals surface area contributed by atoms with Crippen molar-refractivity contribution in [3.05, 3.63) is 0 Å². The number of hydrogen-bond acceptors (Lipinski definition) is 3. The van der Waals surface area contributed by atoms with Gasteiger partial charge < -0.3 is 9.90 Å². The summed E-state index contributed by atoms with van der Waals surface area (Å²) in [4.78, 5) is 12.5. The molecule has 0 rings (SSSR count). The quantitative estimate of drug-likeness (QED) is 0.576. The molecular weight excluding hydrogens is 154 g/mol. The number of aliphatic carboxylic acids is 1. The maximum absolute atomic E-state index is 10.5. The zero-order valence-corrected chi connectivity index (χ0v) is 8.17. The van der Waals surface area contributed by atoms with Crippen molar-refractivity contribution in [2.75, 3.05) is 13.1 Å². The van der Waals surface area contributed by atoms with Crippen molar-refractivity contribution in [2.45, 2.75) is 39.7 Å². The van der Waals surface area contributed by atoms with Gasteiger partial charge in [-0.3, -0.25) is 4.90 Å². The van der Waals surface area contributed by atoms with Gasteiger partial charge in [0.05, 0.1) is 5.97 Å². The molecule has 0 aromatic rings. The van der Waals surface area contributed by atoms with Crippen LogP contribution in [0.2, 0.25) is 0 Å². The monoisotopic (exact) mass is 172 g/mol. The molecule has 12 heavy (non-hydrogen) atoms. The summed E-state index contributed by atoms with van der Waals surface area (Å²) in [6.07, 6.45) is 1.97. The van der Waals surface area contributed by atoms with E-state index in [1.165, 1.54) is 0 Å². The van der Waals surface area contributed by atoms with Crippen LogP contribution in [0.15, 0.2) is 0 Å². The van der Waals surface area contributed by atoms with Gasteiger partial charge in [-0.1, -0.05) is 13.8 Å². The fourth-order valence-corrected chi connectivity index (χ4v) is 1.22. The highest BCUT2D eigenvalue weighted by atomic mass is 16.4. The van der Waals surface area contributed by atoms with Crippen LogP contribution in [-0.2, 0) is 4.79 Å². The molecule has 0 heterocycles. The summed E-state index contributed by atoms with van der Waals surface area (Å²) in [6.45, 7) is 7.45. The molecule has 0 radical (unpaired) electrons. The lowest BCUT2D eigenvalue weighted by Crippen LogP contribution is -2.46. The van der Waals surface area contributed by atoms with Gasteiger partial charge in [0.1, 0.15) is 0 Å². The first-order chi connectivity index (χ1) is 5.63. The minimum Gasteiger partial charge on any atom is -0.548 e. The highest BCUT2D eigenvalue weighted by molar-refractivity contribution is 5.70. The second-order valence-corrected chi connectivity index (χ2v) is 3.03. The van der Waals surface area contributed by atoms with Gasteiger partial charge in [-0.15, -0.1) is 0 Å². The minimum absolute atomic E-state index is 0.454. The SMILES string of the molecule is CCCN(CCC)C(C)C(=O)[O-]. The Morgan fingerprint density at radius 3 is 2.00 bits per heavy atom. The first-order valence-electron chi connectivity index (χ1n) is 4.58. The largest absolute Gasteiger partial charge is 0.548 e. The lowest BCUT2D eigenvalue weighted by atomic mass is 10.2. The zero-order valence-electron chi connectivity index (χ0n) is 8.17. The van der Waals surface area contributed by atoms with E-state index in [4.69, 9.17) is 0 Å². The zero-order chi connectivity index (χ0) is 9.56. The molecule has 0 amide bonds. The third-order valence-electron chi connectivity index (χ3n) is 1.91. The Balaban J connectivity index is 3.98. The van der Waals surface area contributed by atoms with E-state index in [1.54, 1.807) is 6.92 Å². The average molecular weight is 172 g/mol. The third kappa shape index (κ3) is 3.72. The number of rotatable bonds is 6. The van der Waals surface area contributed by atoms with E-state index in [0.717, 1.165) is 25.9 Å². The molecule has 1 atom stereocenters. The van der Waals surface area contributed by atoms with Crippen LogP contribution < -0.4 is 5.11 Å². The number of carboxylic acid groups (broad SMARTS) is 1. The van der Waals surface area contributed by atoms with E-state index < -0.39 is 12.0 Å². The summed E-state index contributed by atoms with van der Waals surface area (Å²) in [5.74, 6) is -0.975. The lowest BCUT2D eigenvalue weighted by molar-refractivity contribution is -0.311. The summed E-state index contributed by atoms with van der Waals surface area (Å²) >= 11 is 0. The van der Waals surface area contributed by atoms with Crippen molar-refractivity contribution in [1.82, 2.24) is 4.90 Å². The van der Waals surface area contributed by atoms with Crippen molar-refractivity contribution >= 4 is 5.97 Å². The predicted octanol–water partition coefficient (Wildman–Crippen LogP) is 0.247. The predicted molar refractivity (Wildman–Crippen MR) is 46.6 cm³/mol. The Hall–Kier alpha value is -0.570. The average Bonchev–Trinajstić information content (AvgIpc) is 2.03. The van der Waals surface area contributed by atoms with Crippen molar-refractivity contribution in [2.24, 2.45) is 0 Å². The second kappa shape index (κ2) is 6.00. The van der Waals surface area contributed by atoms with E-state index in [2.05, 4.69) is 0 Å². The van der Waals surface area contributed by atoms with Crippen molar-refractivity contribution < 1.29 is 9.90 Å². The van der Waals surface area contributed by atoms with Gasteiger partial charge in [-0.05, 0) is 32.9 Å². The van der Waals surface area contributed by atoms with Gasteiger partial charge in [0.15, 0.2) is 0 Å². The Kier molecular flexibility index (Phi) is 5.72. The summed E-state index contributed by atoms with van der Waals surface area (Å²) in [5, 5.41) is 10.5. The number of carboxylic acids is 1. The molecule has 0 aliphatic heterocycles. The molecule has 0 fully saturated rings. The number of carbonyl (C=O) groups is 1. The van der Waals surface area contributed by atoms with E-state index in [0.29, 0.717) is 0 Å². The molecule has 72 valence electrons. The summed E-state index contributed by atoms with van der Waals surface area (Å²) < 4.78 is 0. The molecule has 0 aliphatic carbocycles. The Morgan fingerprint density at radius 2 is 1.75 bits per heavy atom. The van der Waals surface area contributed by atoms with Gasteiger partial charge >= 0.3 is 0 Å². The molecule has 0 N–H and O–H groups in total. The normalized spacial score (nSPS) is 13.3. The molecule has 1 unspecified atom stereocenters. The lowest BCUT2D eigenvalue weighted by Gasteiger charge is -2.28. The minimum atomic E-state index is -0.975. The molecular formula is C9H18NO2-. The summed E-state index contributed by atoms with van der Waals surface area (Å²) in [7, 11) is 0. The van der Waals surface area contributed by atoms with E-state index in [9.17, 15) is 9.90 Å². The highest BCUT2D eigenvalue weighted by Crippen LogP contribution is 2.00. The van der Waals surface area contributed by atoms with E-state index in [1.807, 2.05) is 18.7 Å². The fraction of sp³-hybridized carbons (Fsp3) is 0.889. The van der Waals surface area contributed by atoms with Gasteiger partial charge in [-0.25, -0.2) is 0 Å². The summed E-state index contributed by atoms with van der Waals surface area (Å²) in [5.41, 5.74) is 0. The number of hydrogen-bond donors (Lipinski definition) is 0. The standard InChI is InChI=1S/C9H19NO2/c1-4-6-10(7-5-2)8(3)9(11)12/h8H,4-7H2,1-3H3,(H,11,12)/p-1. The Morgan fingerprint density at radius 1 is 1.33 bits per heavy atom. The van der Waals surface area contributed by atoms with Crippen LogP contribution in [-0.4, -0.2) is 30.0 Å². The van der Waals surface area contributed by atoms with Crippen LogP contribution in [0.3, 0.4) is 0 Å². The van der Waals surface area contributed by atoms with Crippen LogP contribution in [0.4, 0.5) is 0 Å². The van der Waals surface area contributed by atoms with Crippen LogP contribution >= 0.6 is 0 Å². The van der Waals surface area contributed by atoms with Gasteiger partial charge in [0, 0.05) is 6.04 Å². The van der Waals surface area contributed by atoms with Crippen molar-refractivity contribution in [3.8, 4) is 0 Å². The Labute approximate surface area is 74.4 Å². The number of nitrogens with zero attached hydrogens (tertiary/aromatic N) is 1. The Bertz CT molecular complexity index is 130. The first kappa shape index (κ1) is 11.4.